The van der Waals surface area contributed by atoms with Crippen molar-refractivity contribution in [2.24, 2.45) is 0 Å². The van der Waals surface area contributed by atoms with E-state index in [1.165, 1.54) is 0 Å². The van der Waals surface area contributed by atoms with E-state index in [1.807, 2.05) is 31.2 Å². The summed E-state index contributed by atoms with van der Waals surface area (Å²) < 4.78 is 10.5. The Hall–Kier alpha value is -1.71. The molecule has 100 valence electrons. The maximum atomic E-state index is 11.4. The van der Waals surface area contributed by atoms with E-state index in [9.17, 15) is 4.79 Å². The lowest BCUT2D eigenvalue weighted by molar-refractivity contribution is -0.141. The van der Waals surface area contributed by atoms with Gasteiger partial charge in [0, 0.05) is 0 Å². The number of hydrogen-bond acceptors (Lipinski definition) is 4. The summed E-state index contributed by atoms with van der Waals surface area (Å²) in [6, 6.07) is 7.54. The van der Waals surface area contributed by atoms with E-state index < -0.39 is 0 Å². The monoisotopic (exact) mass is 251 g/mol. The van der Waals surface area contributed by atoms with Crippen LogP contribution in [0.5, 0.6) is 5.75 Å². The number of esters is 1. The zero-order valence-corrected chi connectivity index (χ0v) is 11.1. The number of ether oxygens (including phenoxy) is 2. The largest absolute Gasteiger partial charge is 0.492 e. The number of anilines is 1. The van der Waals surface area contributed by atoms with Gasteiger partial charge in [0.05, 0.1) is 18.9 Å². The fourth-order valence-electron chi connectivity index (χ4n) is 1.44. The molecule has 4 heteroatoms. The van der Waals surface area contributed by atoms with Gasteiger partial charge in [-0.15, -0.1) is 0 Å². The van der Waals surface area contributed by atoms with Gasteiger partial charge in [-0.2, -0.15) is 0 Å². The molecule has 0 aliphatic heterocycles. The SMILES string of the molecule is CCCCOC(=O)CNc1ccccc1OCC. The third-order valence-corrected chi connectivity index (χ3v) is 2.37. The third-order valence-electron chi connectivity index (χ3n) is 2.37. The number of unbranched alkanes of at least 4 members (excludes halogenated alkanes) is 1. The predicted octanol–water partition coefficient (Wildman–Crippen LogP) is 2.84. The minimum Gasteiger partial charge on any atom is -0.492 e. The lowest BCUT2D eigenvalue weighted by Crippen LogP contribution is -2.17. The molecule has 0 fully saturated rings. The highest BCUT2D eigenvalue weighted by atomic mass is 16.5. The van der Waals surface area contributed by atoms with E-state index in [4.69, 9.17) is 9.47 Å². The normalized spacial score (nSPS) is 9.89. The minimum atomic E-state index is -0.241. The van der Waals surface area contributed by atoms with E-state index in [1.54, 1.807) is 0 Å². The Bertz CT molecular complexity index is 366. The molecule has 18 heavy (non-hydrogen) atoms. The van der Waals surface area contributed by atoms with Crippen molar-refractivity contribution in [2.75, 3.05) is 25.1 Å². The summed E-state index contributed by atoms with van der Waals surface area (Å²) in [6.07, 6.45) is 1.93. The molecule has 1 N–H and O–H groups in total. The van der Waals surface area contributed by atoms with Crippen LogP contribution in [-0.2, 0) is 9.53 Å². The lowest BCUT2D eigenvalue weighted by atomic mass is 10.3. The highest BCUT2D eigenvalue weighted by Gasteiger charge is 2.05. The van der Waals surface area contributed by atoms with Gasteiger partial charge in [-0.1, -0.05) is 25.5 Å². The van der Waals surface area contributed by atoms with Crippen LogP contribution in [0.4, 0.5) is 5.69 Å². The molecule has 0 saturated heterocycles. The molecule has 1 aromatic carbocycles. The molecule has 0 bridgehead atoms. The van der Waals surface area contributed by atoms with Crippen LogP contribution in [0.15, 0.2) is 24.3 Å². The van der Waals surface area contributed by atoms with Gasteiger partial charge in [0.1, 0.15) is 12.3 Å². The van der Waals surface area contributed by atoms with E-state index in [0.29, 0.717) is 13.2 Å². The molecule has 1 aromatic rings. The Morgan fingerprint density at radius 1 is 1.28 bits per heavy atom. The average Bonchev–Trinajstić information content (AvgIpc) is 2.38. The molecule has 4 nitrogen and oxygen atoms in total. The fraction of sp³-hybridized carbons (Fsp3) is 0.500. The maximum absolute atomic E-state index is 11.4. The van der Waals surface area contributed by atoms with E-state index in [0.717, 1.165) is 24.3 Å². The van der Waals surface area contributed by atoms with Crippen molar-refractivity contribution in [1.82, 2.24) is 0 Å². The van der Waals surface area contributed by atoms with Crippen molar-refractivity contribution in [1.29, 1.82) is 0 Å². The van der Waals surface area contributed by atoms with E-state index in [2.05, 4.69) is 12.2 Å². The van der Waals surface area contributed by atoms with Crippen molar-refractivity contribution in [3.8, 4) is 5.75 Å². The van der Waals surface area contributed by atoms with Gasteiger partial charge in [-0.25, -0.2) is 0 Å². The van der Waals surface area contributed by atoms with Gasteiger partial charge < -0.3 is 14.8 Å². The molecule has 0 saturated carbocycles. The first-order valence-electron chi connectivity index (χ1n) is 6.39. The molecule has 0 heterocycles. The maximum Gasteiger partial charge on any atom is 0.325 e. The molecule has 0 spiro atoms. The summed E-state index contributed by atoms with van der Waals surface area (Å²) in [5.74, 6) is 0.510. The first-order valence-corrected chi connectivity index (χ1v) is 6.39. The van der Waals surface area contributed by atoms with Crippen LogP contribution >= 0.6 is 0 Å². The fourth-order valence-corrected chi connectivity index (χ4v) is 1.44. The summed E-state index contributed by atoms with van der Waals surface area (Å²) in [7, 11) is 0. The Kier molecular flexibility index (Phi) is 6.69. The number of hydrogen-bond donors (Lipinski definition) is 1. The number of nitrogens with one attached hydrogen (secondary N) is 1. The lowest BCUT2D eigenvalue weighted by Gasteiger charge is -2.11. The van der Waals surface area contributed by atoms with Crippen LogP contribution in [0.25, 0.3) is 0 Å². The molecular formula is C14H21NO3. The van der Waals surface area contributed by atoms with Crippen molar-refractivity contribution in [3.05, 3.63) is 24.3 Å². The average molecular weight is 251 g/mol. The smallest absolute Gasteiger partial charge is 0.325 e. The molecule has 0 aliphatic rings. The summed E-state index contributed by atoms with van der Waals surface area (Å²) in [5, 5.41) is 3.03. The number of carbonyl (C=O) groups is 1. The Morgan fingerprint density at radius 2 is 2.06 bits per heavy atom. The van der Waals surface area contributed by atoms with Crippen LogP contribution in [0.1, 0.15) is 26.7 Å². The van der Waals surface area contributed by atoms with E-state index >= 15 is 0 Å². The van der Waals surface area contributed by atoms with Crippen molar-refractivity contribution in [2.45, 2.75) is 26.7 Å². The zero-order chi connectivity index (χ0) is 13.2. The van der Waals surface area contributed by atoms with Gasteiger partial charge in [-0.05, 0) is 25.5 Å². The molecule has 0 aromatic heterocycles. The van der Waals surface area contributed by atoms with Gasteiger partial charge >= 0.3 is 5.97 Å². The van der Waals surface area contributed by atoms with Crippen molar-refractivity contribution in [3.63, 3.8) is 0 Å². The summed E-state index contributed by atoms with van der Waals surface area (Å²) in [6.45, 7) is 5.23. The Morgan fingerprint density at radius 3 is 2.78 bits per heavy atom. The first-order chi connectivity index (χ1) is 8.77. The second-order valence-corrected chi connectivity index (χ2v) is 3.86. The van der Waals surface area contributed by atoms with Gasteiger partial charge in [0.2, 0.25) is 0 Å². The number of rotatable bonds is 8. The number of benzene rings is 1. The van der Waals surface area contributed by atoms with Gasteiger partial charge in [0.25, 0.3) is 0 Å². The molecular weight excluding hydrogens is 230 g/mol. The molecule has 1 rings (SSSR count). The molecule has 0 atom stereocenters. The second-order valence-electron chi connectivity index (χ2n) is 3.86. The summed E-state index contributed by atoms with van der Waals surface area (Å²) in [5.41, 5.74) is 0.812. The van der Waals surface area contributed by atoms with Crippen LogP contribution in [0.3, 0.4) is 0 Å². The highest BCUT2D eigenvalue weighted by molar-refractivity contribution is 5.75. The number of carbonyl (C=O) groups excluding carboxylic acids is 1. The molecule has 0 radical (unpaired) electrons. The highest BCUT2D eigenvalue weighted by Crippen LogP contribution is 2.23. The number of para-hydroxylation sites is 2. The topological polar surface area (TPSA) is 47.6 Å². The molecule has 0 amide bonds. The van der Waals surface area contributed by atoms with Gasteiger partial charge in [0.15, 0.2) is 0 Å². The summed E-state index contributed by atoms with van der Waals surface area (Å²) >= 11 is 0. The Balaban J connectivity index is 2.40. The summed E-state index contributed by atoms with van der Waals surface area (Å²) in [4.78, 5) is 11.4. The minimum absolute atomic E-state index is 0.161. The predicted molar refractivity (Wildman–Crippen MR) is 72.0 cm³/mol. The first kappa shape index (κ1) is 14.4. The van der Waals surface area contributed by atoms with Crippen molar-refractivity contribution >= 4 is 11.7 Å². The molecule has 0 aliphatic carbocycles. The van der Waals surface area contributed by atoms with Gasteiger partial charge in [-0.3, -0.25) is 4.79 Å². The van der Waals surface area contributed by atoms with Crippen LogP contribution < -0.4 is 10.1 Å². The second kappa shape index (κ2) is 8.39. The van der Waals surface area contributed by atoms with E-state index in [-0.39, 0.29) is 12.5 Å². The van der Waals surface area contributed by atoms with Crippen LogP contribution in [0.2, 0.25) is 0 Å². The van der Waals surface area contributed by atoms with Crippen LogP contribution in [-0.4, -0.2) is 25.7 Å². The standard InChI is InChI=1S/C14H21NO3/c1-3-5-10-18-14(16)11-15-12-8-6-7-9-13(12)17-4-2/h6-9,15H,3-5,10-11H2,1-2H3. The zero-order valence-electron chi connectivity index (χ0n) is 11.1. The quantitative estimate of drug-likeness (QED) is 0.570. The third kappa shape index (κ3) is 5.08. The Labute approximate surface area is 108 Å². The van der Waals surface area contributed by atoms with Crippen molar-refractivity contribution < 1.29 is 14.3 Å². The molecule has 0 unspecified atom stereocenters. The van der Waals surface area contributed by atoms with Crippen LogP contribution in [0, 0.1) is 0 Å².